The third-order valence-corrected chi connectivity index (χ3v) is 3.14. The van der Waals surface area contributed by atoms with Gasteiger partial charge in [0, 0.05) is 20.6 Å². The molecule has 0 aromatic heterocycles. The van der Waals surface area contributed by atoms with Gasteiger partial charge in [0.1, 0.15) is 0 Å². The lowest BCUT2D eigenvalue weighted by atomic mass is 10.1. The van der Waals surface area contributed by atoms with Gasteiger partial charge in [0.2, 0.25) is 11.8 Å². The molecule has 1 aromatic carbocycles. The first-order chi connectivity index (χ1) is 10.4. The van der Waals surface area contributed by atoms with Gasteiger partial charge in [-0.15, -0.1) is 0 Å². The number of ether oxygens (including phenoxy) is 1. The number of hydrogen-bond donors (Lipinski definition) is 0. The summed E-state index contributed by atoms with van der Waals surface area (Å²) < 4.78 is 4.62. The smallest absolute Gasteiger partial charge is 0.337 e. The molecule has 0 aliphatic heterocycles. The zero-order valence-corrected chi connectivity index (χ0v) is 13.0. The van der Waals surface area contributed by atoms with Crippen LogP contribution < -0.4 is 0 Å². The molecule has 0 N–H and O–H groups in total. The van der Waals surface area contributed by atoms with Crippen molar-refractivity contribution < 1.29 is 19.1 Å². The number of likely N-dealkylation sites (N-methyl/N-ethyl adjacent to an activating group) is 2. The standard InChI is InChI=1S/C16H20N2O4/c1-5-14(19)18(3)11-15(20)17(2)10-12-6-8-13(9-7-12)16(21)22-4/h5-9H,1,10-11H2,2-4H3. The highest BCUT2D eigenvalue weighted by Gasteiger charge is 2.14. The molecule has 0 saturated heterocycles. The molecule has 0 radical (unpaired) electrons. The number of hydrogen-bond acceptors (Lipinski definition) is 4. The fraction of sp³-hybridized carbons (Fsp3) is 0.312. The maximum Gasteiger partial charge on any atom is 0.337 e. The van der Waals surface area contributed by atoms with E-state index < -0.39 is 5.97 Å². The lowest BCUT2D eigenvalue weighted by molar-refractivity contribution is -0.136. The average Bonchev–Trinajstić information content (AvgIpc) is 2.53. The fourth-order valence-electron chi connectivity index (χ4n) is 1.78. The summed E-state index contributed by atoms with van der Waals surface area (Å²) in [7, 11) is 4.52. The molecule has 6 nitrogen and oxygen atoms in total. The van der Waals surface area contributed by atoms with E-state index in [0.29, 0.717) is 12.1 Å². The summed E-state index contributed by atoms with van der Waals surface area (Å²) >= 11 is 0. The molecule has 6 heteroatoms. The van der Waals surface area contributed by atoms with Gasteiger partial charge in [-0.25, -0.2) is 4.79 Å². The average molecular weight is 304 g/mol. The number of methoxy groups -OCH3 is 1. The molecule has 0 fully saturated rings. The van der Waals surface area contributed by atoms with Crippen LogP contribution in [0.4, 0.5) is 0 Å². The van der Waals surface area contributed by atoms with Crippen LogP contribution in [0, 0.1) is 0 Å². The summed E-state index contributed by atoms with van der Waals surface area (Å²) in [4.78, 5) is 37.5. The number of esters is 1. The van der Waals surface area contributed by atoms with Crippen molar-refractivity contribution in [2.45, 2.75) is 6.54 Å². The molecule has 0 aliphatic rings. The maximum absolute atomic E-state index is 12.0. The first kappa shape index (κ1) is 17.4. The Morgan fingerprint density at radius 2 is 1.73 bits per heavy atom. The van der Waals surface area contributed by atoms with Crippen molar-refractivity contribution in [3.8, 4) is 0 Å². The lowest BCUT2D eigenvalue weighted by Crippen LogP contribution is -2.38. The topological polar surface area (TPSA) is 66.9 Å². The maximum atomic E-state index is 12.0. The van der Waals surface area contributed by atoms with E-state index in [1.807, 2.05) is 0 Å². The van der Waals surface area contributed by atoms with E-state index in [9.17, 15) is 14.4 Å². The third kappa shape index (κ3) is 4.73. The van der Waals surface area contributed by atoms with E-state index in [0.717, 1.165) is 5.56 Å². The first-order valence-electron chi connectivity index (χ1n) is 6.67. The Kier molecular flexibility index (Phi) is 6.31. The molecule has 1 rings (SSSR count). The second-order valence-electron chi connectivity index (χ2n) is 4.84. The molecule has 118 valence electrons. The Morgan fingerprint density at radius 1 is 1.14 bits per heavy atom. The van der Waals surface area contributed by atoms with Crippen LogP contribution in [0.1, 0.15) is 15.9 Å². The van der Waals surface area contributed by atoms with E-state index in [-0.39, 0.29) is 18.4 Å². The largest absolute Gasteiger partial charge is 0.465 e. The summed E-state index contributed by atoms with van der Waals surface area (Å²) in [5.74, 6) is -0.889. The van der Waals surface area contributed by atoms with Crippen molar-refractivity contribution >= 4 is 17.8 Å². The Balaban J connectivity index is 2.62. The van der Waals surface area contributed by atoms with Gasteiger partial charge in [-0.2, -0.15) is 0 Å². The highest BCUT2D eigenvalue weighted by molar-refractivity contribution is 5.90. The predicted molar refractivity (Wildman–Crippen MR) is 82.1 cm³/mol. The quantitative estimate of drug-likeness (QED) is 0.582. The lowest BCUT2D eigenvalue weighted by Gasteiger charge is -2.21. The number of carbonyl (C=O) groups excluding carboxylic acids is 3. The van der Waals surface area contributed by atoms with Crippen LogP contribution in [-0.4, -0.2) is 55.3 Å². The summed E-state index contributed by atoms with van der Waals surface area (Å²) in [5, 5.41) is 0. The molecule has 22 heavy (non-hydrogen) atoms. The Morgan fingerprint density at radius 3 is 2.23 bits per heavy atom. The second-order valence-corrected chi connectivity index (χ2v) is 4.84. The van der Waals surface area contributed by atoms with Gasteiger partial charge in [-0.05, 0) is 23.8 Å². The van der Waals surface area contributed by atoms with Crippen LogP contribution in [0.25, 0.3) is 0 Å². The molecular weight excluding hydrogens is 284 g/mol. The van der Waals surface area contributed by atoms with Crippen molar-refractivity contribution in [1.82, 2.24) is 9.80 Å². The normalized spacial score (nSPS) is 9.77. The van der Waals surface area contributed by atoms with Crippen molar-refractivity contribution in [3.05, 3.63) is 48.0 Å². The summed E-state index contributed by atoms with van der Waals surface area (Å²) in [6.45, 7) is 3.75. The van der Waals surface area contributed by atoms with Crippen molar-refractivity contribution in [2.24, 2.45) is 0 Å². The number of rotatable bonds is 6. The summed E-state index contributed by atoms with van der Waals surface area (Å²) in [6, 6.07) is 6.81. The van der Waals surface area contributed by atoms with Gasteiger partial charge < -0.3 is 14.5 Å². The minimum atomic E-state index is -0.402. The minimum Gasteiger partial charge on any atom is -0.465 e. The van der Waals surface area contributed by atoms with Crippen molar-refractivity contribution in [3.63, 3.8) is 0 Å². The molecule has 0 aliphatic carbocycles. The van der Waals surface area contributed by atoms with E-state index in [1.165, 1.54) is 23.0 Å². The van der Waals surface area contributed by atoms with Crippen molar-refractivity contribution in [2.75, 3.05) is 27.7 Å². The van der Waals surface area contributed by atoms with E-state index in [4.69, 9.17) is 0 Å². The highest BCUT2D eigenvalue weighted by atomic mass is 16.5. The number of amides is 2. The van der Waals surface area contributed by atoms with E-state index >= 15 is 0 Å². The van der Waals surface area contributed by atoms with Crippen LogP contribution in [0.3, 0.4) is 0 Å². The minimum absolute atomic E-state index is 0.0123. The van der Waals surface area contributed by atoms with Gasteiger partial charge in [-0.1, -0.05) is 18.7 Å². The molecule has 0 saturated carbocycles. The molecule has 0 atom stereocenters. The Labute approximate surface area is 130 Å². The zero-order chi connectivity index (χ0) is 16.7. The molecule has 1 aromatic rings. The zero-order valence-electron chi connectivity index (χ0n) is 13.0. The molecular formula is C16H20N2O4. The highest BCUT2D eigenvalue weighted by Crippen LogP contribution is 2.08. The SMILES string of the molecule is C=CC(=O)N(C)CC(=O)N(C)Cc1ccc(C(=O)OC)cc1. The van der Waals surface area contributed by atoms with Gasteiger partial charge in [0.05, 0.1) is 19.2 Å². The van der Waals surface area contributed by atoms with Crippen molar-refractivity contribution in [1.29, 1.82) is 0 Å². The van der Waals surface area contributed by atoms with E-state index in [2.05, 4.69) is 11.3 Å². The Hall–Kier alpha value is -2.63. The molecule has 0 heterocycles. The predicted octanol–water partition coefficient (Wildman–Crippen LogP) is 1.08. The summed E-state index contributed by atoms with van der Waals surface area (Å²) in [5.41, 5.74) is 1.33. The van der Waals surface area contributed by atoms with E-state index in [1.54, 1.807) is 38.4 Å². The second kappa shape index (κ2) is 7.97. The molecule has 0 bridgehead atoms. The van der Waals surface area contributed by atoms with Crippen LogP contribution >= 0.6 is 0 Å². The first-order valence-corrected chi connectivity index (χ1v) is 6.67. The van der Waals surface area contributed by atoms with Gasteiger partial charge in [0.15, 0.2) is 0 Å². The fourth-order valence-corrected chi connectivity index (χ4v) is 1.78. The number of nitrogens with zero attached hydrogens (tertiary/aromatic N) is 2. The molecule has 0 unspecified atom stereocenters. The molecule has 0 spiro atoms. The monoisotopic (exact) mass is 304 g/mol. The summed E-state index contributed by atoms with van der Waals surface area (Å²) in [6.07, 6.45) is 1.17. The van der Waals surface area contributed by atoms with Crippen LogP contribution in [-0.2, 0) is 20.9 Å². The van der Waals surface area contributed by atoms with Crippen LogP contribution in [0.5, 0.6) is 0 Å². The van der Waals surface area contributed by atoms with Gasteiger partial charge in [0.25, 0.3) is 0 Å². The third-order valence-electron chi connectivity index (χ3n) is 3.14. The Bertz CT molecular complexity index is 566. The van der Waals surface area contributed by atoms with Crippen LogP contribution in [0.15, 0.2) is 36.9 Å². The molecule has 2 amide bonds. The van der Waals surface area contributed by atoms with Gasteiger partial charge in [-0.3, -0.25) is 9.59 Å². The van der Waals surface area contributed by atoms with Crippen LogP contribution in [0.2, 0.25) is 0 Å². The number of carbonyl (C=O) groups is 3. The van der Waals surface area contributed by atoms with Gasteiger partial charge >= 0.3 is 5.97 Å². The number of benzene rings is 1.